The van der Waals surface area contributed by atoms with E-state index in [4.69, 9.17) is 16.3 Å². The van der Waals surface area contributed by atoms with Gasteiger partial charge < -0.3 is 9.72 Å². The molecule has 0 unspecified atom stereocenters. The zero-order valence-corrected chi connectivity index (χ0v) is 10.5. The van der Waals surface area contributed by atoms with Gasteiger partial charge in [-0.3, -0.25) is 4.79 Å². The molecule has 0 fully saturated rings. The molecular weight excluding hydrogens is 259 g/mol. The Morgan fingerprint density at radius 2 is 2.11 bits per heavy atom. The molecular formula is C12H10ClFN2O2. The largest absolute Gasteiger partial charge is 0.495 e. The number of H-pyrrole nitrogens is 1. The van der Waals surface area contributed by atoms with Crippen molar-refractivity contribution in [3.05, 3.63) is 45.2 Å². The van der Waals surface area contributed by atoms with Crippen LogP contribution in [0.1, 0.15) is 5.82 Å². The molecule has 1 N–H and O–H groups in total. The average molecular weight is 269 g/mol. The van der Waals surface area contributed by atoms with Crippen LogP contribution in [0.5, 0.6) is 5.75 Å². The van der Waals surface area contributed by atoms with Crippen molar-refractivity contribution in [1.82, 2.24) is 9.97 Å². The van der Waals surface area contributed by atoms with Crippen LogP contribution in [0, 0.1) is 12.7 Å². The SMILES string of the molecule is COc1cc(-c2cc(=O)[nH]c(C)n2)c(F)cc1Cl. The lowest BCUT2D eigenvalue weighted by Gasteiger charge is -2.08. The number of halogens is 2. The molecule has 1 aromatic carbocycles. The number of aromatic nitrogens is 2. The Morgan fingerprint density at radius 1 is 1.39 bits per heavy atom. The molecule has 0 spiro atoms. The fourth-order valence-corrected chi connectivity index (χ4v) is 1.83. The quantitative estimate of drug-likeness (QED) is 0.911. The minimum absolute atomic E-state index is 0.167. The monoisotopic (exact) mass is 268 g/mol. The molecule has 0 radical (unpaired) electrons. The second-order valence-corrected chi connectivity index (χ2v) is 4.09. The fraction of sp³-hybridized carbons (Fsp3) is 0.167. The number of benzene rings is 1. The van der Waals surface area contributed by atoms with Crippen molar-refractivity contribution in [2.24, 2.45) is 0 Å². The Balaban J connectivity index is 2.66. The van der Waals surface area contributed by atoms with Gasteiger partial charge in [0.25, 0.3) is 5.56 Å². The number of nitrogens with one attached hydrogen (secondary N) is 1. The summed E-state index contributed by atoms with van der Waals surface area (Å²) in [6.07, 6.45) is 0. The van der Waals surface area contributed by atoms with Crippen LogP contribution in [0.3, 0.4) is 0 Å². The molecule has 2 rings (SSSR count). The summed E-state index contributed by atoms with van der Waals surface area (Å²) in [7, 11) is 1.43. The number of methoxy groups -OCH3 is 1. The molecule has 4 nitrogen and oxygen atoms in total. The highest BCUT2D eigenvalue weighted by Crippen LogP contribution is 2.31. The van der Waals surface area contributed by atoms with E-state index >= 15 is 0 Å². The van der Waals surface area contributed by atoms with E-state index in [1.54, 1.807) is 6.92 Å². The van der Waals surface area contributed by atoms with Crippen LogP contribution in [0.15, 0.2) is 23.0 Å². The van der Waals surface area contributed by atoms with Crippen molar-refractivity contribution in [3.8, 4) is 17.0 Å². The molecule has 6 heteroatoms. The van der Waals surface area contributed by atoms with Gasteiger partial charge in [-0.05, 0) is 19.1 Å². The third-order valence-electron chi connectivity index (χ3n) is 2.38. The first-order chi connectivity index (χ1) is 8.51. The zero-order chi connectivity index (χ0) is 13.3. The smallest absolute Gasteiger partial charge is 0.251 e. The minimum Gasteiger partial charge on any atom is -0.495 e. The molecule has 0 amide bonds. The van der Waals surface area contributed by atoms with Gasteiger partial charge in [-0.2, -0.15) is 0 Å². The molecule has 1 aromatic heterocycles. The first-order valence-corrected chi connectivity index (χ1v) is 5.50. The Morgan fingerprint density at radius 3 is 2.72 bits per heavy atom. The van der Waals surface area contributed by atoms with Crippen molar-refractivity contribution in [2.75, 3.05) is 7.11 Å². The lowest BCUT2D eigenvalue weighted by Crippen LogP contribution is -2.09. The molecule has 0 aliphatic heterocycles. The second kappa shape index (κ2) is 4.78. The van der Waals surface area contributed by atoms with E-state index in [1.165, 1.54) is 19.2 Å². The van der Waals surface area contributed by atoms with E-state index in [9.17, 15) is 9.18 Å². The van der Waals surface area contributed by atoms with Crippen molar-refractivity contribution in [3.63, 3.8) is 0 Å². The molecule has 0 saturated heterocycles. The van der Waals surface area contributed by atoms with Gasteiger partial charge in [0.1, 0.15) is 17.4 Å². The van der Waals surface area contributed by atoms with Gasteiger partial charge in [-0.15, -0.1) is 0 Å². The maximum atomic E-state index is 13.8. The molecule has 1 heterocycles. The standard InChI is InChI=1S/C12H10ClFN2O2/c1-6-15-10(5-12(17)16-6)7-3-11(18-2)8(13)4-9(7)14/h3-5H,1-2H3,(H,15,16,17). The fourth-order valence-electron chi connectivity index (χ4n) is 1.60. The normalized spacial score (nSPS) is 10.4. The number of rotatable bonds is 2. The lowest BCUT2D eigenvalue weighted by atomic mass is 10.1. The number of aryl methyl sites for hydroxylation is 1. The summed E-state index contributed by atoms with van der Waals surface area (Å²) < 4.78 is 18.8. The Labute approximate surface area is 107 Å². The van der Waals surface area contributed by atoms with Gasteiger partial charge in [0.2, 0.25) is 0 Å². The van der Waals surface area contributed by atoms with E-state index in [0.29, 0.717) is 11.6 Å². The van der Waals surface area contributed by atoms with Gasteiger partial charge in [-0.1, -0.05) is 11.6 Å². The van der Waals surface area contributed by atoms with Crippen molar-refractivity contribution >= 4 is 11.6 Å². The van der Waals surface area contributed by atoms with E-state index in [2.05, 4.69) is 9.97 Å². The predicted octanol–water partition coefficient (Wildman–Crippen LogP) is 2.55. The summed E-state index contributed by atoms with van der Waals surface area (Å²) in [5.74, 6) is 0.178. The first kappa shape index (κ1) is 12.6. The zero-order valence-electron chi connectivity index (χ0n) is 9.75. The van der Waals surface area contributed by atoms with Gasteiger partial charge >= 0.3 is 0 Å². The number of aromatic amines is 1. The van der Waals surface area contributed by atoms with Gasteiger partial charge in [0, 0.05) is 11.6 Å². The third kappa shape index (κ3) is 2.36. The third-order valence-corrected chi connectivity index (χ3v) is 2.67. The van der Waals surface area contributed by atoms with Gasteiger partial charge in [0.15, 0.2) is 0 Å². The number of ether oxygens (including phenoxy) is 1. The Bertz CT molecular complexity index is 655. The molecule has 18 heavy (non-hydrogen) atoms. The van der Waals surface area contributed by atoms with E-state index in [0.717, 1.165) is 6.07 Å². The van der Waals surface area contributed by atoms with Gasteiger partial charge in [-0.25, -0.2) is 9.37 Å². The number of hydrogen-bond donors (Lipinski definition) is 1. The Kier molecular flexibility index (Phi) is 3.34. The molecule has 0 aliphatic rings. The summed E-state index contributed by atoms with van der Waals surface area (Å²) in [6, 6.07) is 3.77. The molecule has 0 saturated carbocycles. The van der Waals surface area contributed by atoms with Crippen molar-refractivity contribution in [2.45, 2.75) is 6.92 Å². The lowest BCUT2D eigenvalue weighted by molar-refractivity contribution is 0.414. The molecule has 0 bridgehead atoms. The molecule has 0 atom stereocenters. The van der Waals surface area contributed by atoms with Crippen LogP contribution in [0.25, 0.3) is 11.3 Å². The number of nitrogens with zero attached hydrogens (tertiary/aromatic N) is 1. The molecule has 94 valence electrons. The van der Waals surface area contributed by atoms with Crippen LogP contribution < -0.4 is 10.3 Å². The highest BCUT2D eigenvalue weighted by Gasteiger charge is 2.12. The van der Waals surface area contributed by atoms with Gasteiger partial charge in [0.05, 0.1) is 17.8 Å². The maximum Gasteiger partial charge on any atom is 0.251 e. The van der Waals surface area contributed by atoms with E-state index < -0.39 is 5.82 Å². The van der Waals surface area contributed by atoms with Crippen LogP contribution >= 0.6 is 11.6 Å². The molecule has 2 aromatic rings. The summed E-state index contributed by atoms with van der Waals surface area (Å²) in [6.45, 7) is 1.62. The van der Waals surface area contributed by atoms with Crippen LogP contribution in [-0.2, 0) is 0 Å². The van der Waals surface area contributed by atoms with Crippen LogP contribution in [-0.4, -0.2) is 17.1 Å². The Hall–Kier alpha value is -1.88. The maximum absolute atomic E-state index is 13.8. The summed E-state index contributed by atoms with van der Waals surface area (Å²) >= 11 is 5.80. The topological polar surface area (TPSA) is 55.0 Å². The first-order valence-electron chi connectivity index (χ1n) is 5.12. The summed E-state index contributed by atoms with van der Waals surface area (Å²) in [5, 5.41) is 0.167. The average Bonchev–Trinajstić information content (AvgIpc) is 2.27. The van der Waals surface area contributed by atoms with E-state index in [-0.39, 0.29) is 21.8 Å². The summed E-state index contributed by atoms with van der Waals surface area (Å²) in [5.41, 5.74) is 0.0694. The van der Waals surface area contributed by atoms with Crippen molar-refractivity contribution < 1.29 is 9.13 Å². The molecule has 0 aliphatic carbocycles. The van der Waals surface area contributed by atoms with Crippen LogP contribution in [0.2, 0.25) is 5.02 Å². The van der Waals surface area contributed by atoms with E-state index in [1.807, 2.05) is 0 Å². The minimum atomic E-state index is -0.557. The summed E-state index contributed by atoms with van der Waals surface area (Å²) in [4.78, 5) is 17.9. The highest BCUT2D eigenvalue weighted by atomic mass is 35.5. The van der Waals surface area contributed by atoms with Crippen LogP contribution in [0.4, 0.5) is 4.39 Å². The number of hydrogen-bond acceptors (Lipinski definition) is 3. The second-order valence-electron chi connectivity index (χ2n) is 3.68. The highest BCUT2D eigenvalue weighted by molar-refractivity contribution is 6.32. The van der Waals surface area contributed by atoms with Crippen molar-refractivity contribution in [1.29, 1.82) is 0 Å². The predicted molar refractivity (Wildman–Crippen MR) is 66.6 cm³/mol.